The zero-order chi connectivity index (χ0) is 12.7. The van der Waals surface area contributed by atoms with Crippen LogP contribution >= 0.6 is 0 Å². The predicted molar refractivity (Wildman–Crippen MR) is 72.8 cm³/mol. The summed E-state index contributed by atoms with van der Waals surface area (Å²) in [6, 6.07) is 0. The zero-order valence-electron chi connectivity index (χ0n) is 11.7. The van der Waals surface area contributed by atoms with Gasteiger partial charge in [-0.25, -0.2) is 0 Å². The molecule has 1 unspecified atom stereocenters. The maximum atomic E-state index is 10.5. The van der Waals surface area contributed by atoms with E-state index < -0.39 is 0 Å². The van der Waals surface area contributed by atoms with Crippen molar-refractivity contribution >= 4 is 0 Å². The normalized spacial score (nSPS) is 31.7. The summed E-state index contributed by atoms with van der Waals surface area (Å²) in [5.41, 5.74) is 2.73. The van der Waals surface area contributed by atoms with Gasteiger partial charge in [-0.3, -0.25) is 0 Å². The van der Waals surface area contributed by atoms with E-state index in [9.17, 15) is 5.11 Å². The van der Waals surface area contributed by atoms with Crippen LogP contribution in [0.1, 0.15) is 59.8 Å². The summed E-state index contributed by atoms with van der Waals surface area (Å²) >= 11 is 0. The quantitative estimate of drug-likeness (QED) is 0.673. The maximum Gasteiger partial charge on any atom is 0.0964 e. The monoisotopic (exact) mass is 234 g/mol. The Morgan fingerprint density at radius 3 is 2.24 bits per heavy atom. The molecule has 0 bridgehead atoms. The van der Waals surface area contributed by atoms with E-state index >= 15 is 0 Å². The summed E-state index contributed by atoms with van der Waals surface area (Å²) < 4.78 is 0. The van der Waals surface area contributed by atoms with Crippen LogP contribution in [0.15, 0.2) is 23.3 Å². The van der Waals surface area contributed by atoms with Gasteiger partial charge in [-0.15, -0.1) is 0 Å². The molecule has 2 aliphatic rings. The van der Waals surface area contributed by atoms with Gasteiger partial charge in [-0.2, -0.15) is 0 Å². The van der Waals surface area contributed by atoms with Gasteiger partial charge in [-0.05, 0) is 36.3 Å². The third-order valence-electron chi connectivity index (χ3n) is 4.51. The molecular formula is C16H26O. The van der Waals surface area contributed by atoms with Crippen molar-refractivity contribution in [3.8, 4) is 0 Å². The van der Waals surface area contributed by atoms with Crippen LogP contribution < -0.4 is 0 Å². The summed E-state index contributed by atoms with van der Waals surface area (Å²) in [6.45, 7) is 8.87. The first kappa shape index (κ1) is 12.9. The van der Waals surface area contributed by atoms with E-state index in [1.54, 1.807) is 0 Å². The molecule has 2 rings (SSSR count). The van der Waals surface area contributed by atoms with E-state index in [0.717, 1.165) is 5.57 Å². The molecule has 0 aromatic carbocycles. The van der Waals surface area contributed by atoms with E-state index in [2.05, 4.69) is 39.8 Å². The van der Waals surface area contributed by atoms with Crippen LogP contribution in [0.4, 0.5) is 0 Å². The number of hydrogen-bond donors (Lipinski definition) is 1. The average molecular weight is 234 g/mol. The highest BCUT2D eigenvalue weighted by Crippen LogP contribution is 2.47. The number of hydrogen-bond acceptors (Lipinski definition) is 1. The van der Waals surface area contributed by atoms with Gasteiger partial charge >= 0.3 is 0 Å². The van der Waals surface area contributed by atoms with Gasteiger partial charge in [0.05, 0.1) is 6.10 Å². The lowest BCUT2D eigenvalue weighted by Crippen LogP contribution is -2.34. The van der Waals surface area contributed by atoms with Crippen molar-refractivity contribution in [3.05, 3.63) is 23.3 Å². The second kappa shape index (κ2) is 4.28. The number of aliphatic hydroxyl groups excluding tert-OH is 1. The second-order valence-corrected chi connectivity index (χ2v) is 6.83. The molecule has 17 heavy (non-hydrogen) atoms. The SMILES string of the molecule is CC1=CC(C)(C)C=C(C2(C)CCCCC2)C1O. The van der Waals surface area contributed by atoms with E-state index in [4.69, 9.17) is 0 Å². The smallest absolute Gasteiger partial charge is 0.0964 e. The molecule has 0 aromatic heterocycles. The lowest BCUT2D eigenvalue weighted by Gasteiger charge is -2.42. The zero-order valence-corrected chi connectivity index (χ0v) is 11.7. The topological polar surface area (TPSA) is 20.2 Å². The molecule has 0 aromatic rings. The molecular weight excluding hydrogens is 208 g/mol. The standard InChI is InChI=1S/C16H26O/c1-12-10-15(2,3)11-13(14(12)17)16(4)8-6-5-7-9-16/h10-11,14,17H,5-9H2,1-4H3. The highest BCUT2D eigenvalue weighted by molar-refractivity contribution is 5.36. The molecule has 1 nitrogen and oxygen atoms in total. The molecule has 0 amide bonds. The number of aliphatic hydroxyl groups is 1. The molecule has 1 atom stereocenters. The Labute approximate surface area is 106 Å². The minimum absolute atomic E-state index is 0.0963. The molecule has 1 N–H and O–H groups in total. The lowest BCUT2D eigenvalue weighted by molar-refractivity contribution is 0.169. The van der Waals surface area contributed by atoms with Gasteiger partial charge in [-0.1, -0.05) is 52.2 Å². The molecule has 0 radical (unpaired) electrons. The van der Waals surface area contributed by atoms with Crippen molar-refractivity contribution in [1.29, 1.82) is 0 Å². The molecule has 96 valence electrons. The van der Waals surface area contributed by atoms with E-state index in [1.165, 1.54) is 37.7 Å². The van der Waals surface area contributed by atoms with Gasteiger partial charge < -0.3 is 5.11 Å². The van der Waals surface area contributed by atoms with Crippen molar-refractivity contribution < 1.29 is 5.11 Å². The van der Waals surface area contributed by atoms with Crippen molar-refractivity contribution in [3.63, 3.8) is 0 Å². The van der Waals surface area contributed by atoms with Gasteiger partial charge in [0.25, 0.3) is 0 Å². The Morgan fingerprint density at radius 2 is 1.65 bits per heavy atom. The fraction of sp³-hybridized carbons (Fsp3) is 0.750. The molecule has 0 spiro atoms. The van der Waals surface area contributed by atoms with Crippen molar-refractivity contribution in [1.82, 2.24) is 0 Å². The van der Waals surface area contributed by atoms with Gasteiger partial charge in [0, 0.05) is 5.41 Å². The molecule has 1 heteroatoms. The van der Waals surface area contributed by atoms with Crippen LogP contribution in [0.25, 0.3) is 0 Å². The van der Waals surface area contributed by atoms with E-state index in [0.29, 0.717) is 0 Å². The average Bonchev–Trinajstić information content (AvgIpc) is 2.24. The summed E-state index contributed by atoms with van der Waals surface area (Å²) in [7, 11) is 0. The lowest BCUT2D eigenvalue weighted by atomic mass is 9.64. The first-order valence-electron chi connectivity index (χ1n) is 6.95. The fourth-order valence-electron chi connectivity index (χ4n) is 3.56. The number of rotatable bonds is 1. The molecule has 2 aliphatic carbocycles. The first-order valence-corrected chi connectivity index (χ1v) is 6.95. The Morgan fingerprint density at radius 1 is 1.06 bits per heavy atom. The third-order valence-corrected chi connectivity index (χ3v) is 4.51. The summed E-state index contributed by atoms with van der Waals surface area (Å²) in [5, 5.41) is 10.5. The van der Waals surface area contributed by atoms with Crippen molar-refractivity contribution in [2.24, 2.45) is 10.8 Å². The van der Waals surface area contributed by atoms with Crippen LogP contribution in [0.2, 0.25) is 0 Å². The highest BCUT2D eigenvalue weighted by atomic mass is 16.3. The molecule has 0 aliphatic heterocycles. The summed E-state index contributed by atoms with van der Waals surface area (Å²) in [5.74, 6) is 0. The van der Waals surface area contributed by atoms with E-state index in [1.807, 2.05) is 0 Å². The number of allylic oxidation sites excluding steroid dienone is 2. The first-order chi connectivity index (χ1) is 7.84. The van der Waals surface area contributed by atoms with Gasteiger partial charge in [0.1, 0.15) is 0 Å². The summed E-state index contributed by atoms with van der Waals surface area (Å²) in [4.78, 5) is 0. The van der Waals surface area contributed by atoms with Gasteiger partial charge in [0.15, 0.2) is 0 Å². The van der Waals surface area contributed by atoms with Crippen molar-refractivity contribution in [2.75, 3.05) is 0 Å². The fourth-order valence-corrected chi connectivity index (χ4v) is 3.56. The third kappa shape index (κ3) is 2.49. The Balaban J connectivity index is 2.33. The Bertz CT molecular complexity index is 354. The maximum absolute atomic E-state index is 10.5. The van der Waals surface area contributed by atoms with Crippen LogP contribution in [-0.4, -0.2) is 11.2 Å². The summed E-state index contributed by atoms with van der Waals surface area (Å²) in [6.07, 6.45) is 10.6. The van der Waals surface area contributed by atoms with E-state index in [-0.39, 0.29) is 16.9 Å². The van der Waals surface area contributed by atoms with Crippen LogP contribution in [0.3, 0.4) is 0 Å². The predicted octanol–water partition coefficient (Wildman–Crippen LogP) is 4.23. The minimum atomic E-state index is -0.342. The Hall–Kier alpha value is -0.560. The van der Waals surface area contributed by atoms with Crippen molar-refractivity contribution in [2.45, 2.75) is 65.9 Å². The van der Waals surface area contributed by atoms with Crippen LogP contribution in [0, 0.1) is 10.8 Å². The minimum Gasteiger partial charge on any atom is -0.384 e. The highest BCUT2D eigenvalue weighted by Gasteiger charge is 2.38. The van der Waals surface area contributed by atoms with Crippen LogP contribution in [-0.2, 0) is 0 Å². The molecule has 1 fully saturated rings. The van der Waals surface area contributed by atoms with Gasteiger partial charge in [0.2, 0.25) is 0 Å². The second-order valence-electron chi connectivity index (χ2n) is 6.83. The molecule has 0 heterocycles. The molecule has 0 saturated heterocycles. The van der Waals surface area contributed by atoms with Crippen LogP contribution in [0.5, 0.6) is 0 Å². The molecule has 1 saturated carbocycles. The Kier molecular flexibility index (Phi) is 3.24. The largest absolute Gasteiger partial charge is 0.384 e.